The van der Waals surface area contributed by atoms with Gasteiger partial charge in [-0.15, -0.1) is 0 Å². The SMILES string of the molecule is COc1ccc(N2C(=O)C3Sc4[nH]c(=O)sc4[C@H](c4cc(Br)ccc4OCc4ccc(Cl)cc4)C3C2=O)cc1. The topological polar surface area (TPSA) is 88.7 Å². The van der Waals surface area contributed by atoms with Crippen LogP contribution in [0.4, 0.5) is 5.69 Å². The number of H-pyrrole nitrogens is 1. The van der Waals surface area contributed by atoms with Crippen molar-refractivity contribution < 1.29 is 19.1 Å². The standard InChI is InChI=1S/C28H20BrClN2O5S2/c1-36-18-9-7-17(8-10-18)32-26(33)22-21(23-25(31-28(35)39-23)38-24(22)27(32)34)19-12-15(29)4-11-20(19)37-13-14-2-5-16(30)6-3-14/h2-12,21-22,24H,13H2,1H3,(H,31,35)/t21-,22?,24?/m1/s1. The number of anilines is 1. The Morgan fingerprint density at radius 2 is 1.74 bits per heavy atom. The highest BCUT2D eigenvalue weighted by Crippen LogP contribution is 2.54. The molecule has 7 nitrogen and oxygen atoms in total. The van der Waals surface area contributed by atoms with Crippen molar-refractivity contribution in [2.75, 3.05) is 12.0 Å². The zero-order chi connectivity index (χ0) is 27.3. The number of thiazole rings is 1. The first-order chi connectivity index (χ1) is 18.8. The molecule has 1 N–H and O–H groups in total. The number of rotatable bonds is 6. The highest BCUT2D eigenvalue weighted by molar-refractivity contribution is 9.10. The second-order valence-corrected chi connectivity index (χ2v) is 12.6. The van der Waals surface area contributed by atoms with Crippen molar-refractivity contribution in [2.24, 2.45) is 5.92 Å². The highest BCUT2D eigenvalue weighted by Gasteiger charge is 2.56. The third-order valence-electron chi connectivity index (χ3n) is 6.77. The van der Waals surface area contributed by atoms with Crippen LogP contribution in [0.5, 0.6) is 11.5 Å². The fourth-order valence-corrected chi connectivity index (χ4v) is 7.98. The van der Waals surface area contributed by atoms with Crippen LogP contribution in [0.3, 0.4) is 0 Å². The molecule has 0 radical (unpaired) electrons. The first-order valence-electron chi connectivity index (χ1n) is 11.9. The summed E-state index contributed by atoms with van der Waals surface area (Å²) in [5, 5.41) is 0.539. The van der Waals surface area contributed by atoms with Gasteiger partial charge in [0.1, 0.15) is 23.4 Å². The molecule has 2 aliphatic rings. The molecule has 0 saturated carbocycles. The Labute approximate surface area is 245 Å². The molecule has 4 aromatic rings. The van der Waals surface area contributed by atoms with Crippen LogP contribution in [0, 0.1) is 5.92 Å². The van der Waals surface area contributed by atoms with Crippen LogP contribution in [0.2, 0.25) is 5.02 Å². The quantitative estimate of drug-likeness (QED) is 0.251. The van der Waals surface area contributed by atoms with Gasteiger partial charge in [0.25, 0.3) is 0 Å². The summed E-state index contributed by atoms with van der Waals surface area (Å²) < 4.78 is 12.3. The predicted octanol–water partition coefficient (Wildman–Crippen LogP) is 6.24. The van der Waals surface area contributed by atoms with E-state index in [-0.39, 0.29) is 23.3 Å². The first kappa shape index (κ1) is 26.2. The lowest BCUT2D eigenvalue weighted by molar-refractivity contribution is -0.122. The molecule has 3 aromatic carbocycles. The molecule has 2 amide bonds. The summed E-state index contributed by atoms with van der Waals surface area (Å²) in [6.45, 7) is 0.280. The number of nitrogens with zero attached hydrogens (tertiary/aromatic N) is 1. The number of aromatic amines is 1. The molecule has 3 atom stereocenters. The molecule has 1 aromatic heterocycles. The second kappa shape index (κ2) is 10.5. The van der Waals surface area contributed by atoms with Gasteiger partial charge in [-0.25, -0.2) is 4.90 Å². The van der Waals surface area contributed by atoms with Gasteiger partial charge in [0.2, 0.25) is 11.8 Å². The number of ether oxygens (including phenoxy) is 2. The smallest absolute Gasteiger partial charge is 0.305 e. The maximum atomic E-state index is 14.0. The number of hydrogen-bond donors (Lipinski definition) is 1. The number of nitrogens with one attached hydrogen (secondary N) is 1. The van der Waals surface area contributed by atoms with Crippen LogP contribution >= 0.6 is 50.6 Å². The minimum absolute atomic E-state index is 0.233. The van der Waals surface area contributed by atoms with Crippen LogP contribution in [0.15, 0.2) is 81.0 Å². The van der Waals surface area contributed by atoms with E-state index in [1.165, 1.54) is 16.7 Å². The van der Waals surface area contributed by atoms with Crippen molar-refractivity contribution in [1.29, 1.82) is 0 Å². The van der Waals surface area contributed by atoms with Gasteiger partial charge in [0, 0.05) is 25.9 Å². The zero-order valence-electron chi connectivity index (χ0n) is 20.4. The molecule has 198 valence electrons. The van der Waals surface area contributed by atoms with Gasteiger partial charge < -0.3 is 14.5 Å². The Kier molecular flexibility index (Phi) is 7.05. The summed E-state index contributed by atoms with van der Waals surface area (Å²) in [5.74, 6) is -0.731. The summed E-state index contributed by atoms with van der Waals surface area (Å²) in [4.78, 5) is 44.8. The fraction of sp³-hybridized carbons (Fsp3) is 0.179. The average Bonchev–Trinajstić information content (AvgIpc) is 3.43. The zero-order valence-corrected chi connectivity index (χ0v) is 24.3. The molecular formula is C28H20BrClN2O5S2. The Morgan fingerprint density at radius 3 is 2.46 bits per heavy atom. The fourth-order valence-electron chi connectivity index (χ4n) is 4.97. The van der Waals surface area contributed by atoms with Gasteiger partial charge in [-0.3, -0.25) is 14.4 Å². The largest absolute Gasteiger partial charge is 0.497 e. The highest BCUT2D eigenvalue weighted by atomic mass is 79.9. The molecular weight excluding hydrogens is 624 g/mol. The Bertz CT molecular complexity index is 1640. The minimum Gasteiger partial charge on any atom is -0.497 e. The molecule has 39 heavy (non-hydrogen) atoms. The van der Waals surface area contributed by atoms with E-state index in [1.807, 2.05) is 30.3 Å². The normalized spacial score (nSPS) is 20.1. The van der Waals surface area contributed by atoms with Gasteiger partial charge in [-0.1, -0.05) is 62.8 Å². The Morgan fingerprint density at radius 1 is 1.00 bits per heavy atom. The van der Waals surface area contributed by atoms with Crippen molar-refractivity contribution in [2.45, 2.75) is 22.8 Å². The van der Waals surface area contributed by atoms with Gasteiger partial charge in [-0.05, 0) is 60.2 Å². The van der Waals surface area contributed by atoms with Crippen LogP contribution in [0.25, 0.3) is 0 Å². The average molecular weight is 644 g/mol. The van der Waals surface area contributed by atoms with Gasteiger partial charge in [0.05, 0.1) is 23.7 Å². The second-order valence-electron chi connectivity index (χ2n) is 9.06. The van der Waals surface area contributed by atoms with Gasteiger partial charge in [0.15, 0.2) is 0 Å². The first-order valence-corrected chi connectivity index (χ1v) is 14.8. The Balaban J connectivity index is 1.43. The van der Waals surface area contributed by atoms with Crippen molar-refractivity contribution >= 4 is 68.1 Å². The Hall–Kier alpha value is -3.05. The van der Waals surface area contributed by atoms with E-state index in [0.29, 0.717) is 27.2 Å². The lowest BCUT2D eigenvalue weighted by Gasteiger charge is -2.31. The lowest BCUT2D eigenvalue weighted by atomic mass is 9.82. The van der Waals surface area contributed by atoms with E-state index in [2.05, 4.69) is 20.9 Å². The van der Waals surface area contributed by atoms with Crippen molar-refractivity contribution in [3.8, 4) is 11.5 Å². The van der Waals surface area contributed by atoms with Crippen LogP contribution in [-0.4, -0.2) is 29.2 Å². The number of aromatic nitrogens is 1. The van der Waals surface area contributed by atoms with Crippen LogP contribution < -0.4 is 19.2 Å². The molecule has 0 spiro atoms. The van der Waals surface area contributed by atoms with E-state index in [0.717, 1.165) is 31.8 Å². The number of benzene rings is 3. The molecule has 11 heteroatoms. The number of carbonyl (C=O) groups excluding carboxylic acids is 2. The molecule has 1 saturated heterocycles. The molecule has 1 fully saturated rings. The van der Waals surface area contributed by atoms with E-state index < -0.39 is 17.1 Å². The maximum absolute atomic E-state index is 14.0. The third-order valence-corrected chi connectivity index (χ3v) is 9.92. The summed E-state index contributed by atoms with van der Waals surface area (Å²) in [7, 11) is 1.56. The number of methoxy groups -OCH3 is 1. The van der Waals surface area contributed by atoms with Gasteiger partial charge in [-0.2, -0.15) is 0 Å². The van der Waals surface area contributed by atoms with Crippen molar-refractivity contribution in [1.82, 2.24) is 4.98 Å². The van der Waals surface area contributed by atoms with Crippen molar-refractivity contribution in [3.63, 3.8) is 0 Å². The summed E-state index contributed by atoms with van der Waals surface area (Å²) in [6.07, 6.45) is 0. The predicted molar refractivity (Wildman–Crippen MR) is 155 cm³/mol. The number of halogens is 2. The third kappa shape index (κ3) is 4.80. The summed E-state index contributed by atoms with van der Waals surface area (Å²) in [5.41, 5.74) is 2.13. The molecule has 6 rings (SSSR count). The summed E-state index contributed by atoms with van der Waals surface area (Å²) in [6, 6.07) is 19.8. The number of carbonyl (C=O) groups is 2. The number of fused-ring (bicyclic) bond motifs is 2. The lowest BCUT2D eigenvalue weighted by Crippen LogP contribution is -2.32. The molecule has 2 aliphatic heterocycles. The molecule has 0 aliphatic carbocycles. The number of imide groups is 1. The van der Waals surface area contributed by atoms with Crippen LogP contribution in [-0.2, 0) is 16.2 Å². The molecule has 0 bridgehead atoms. The van der Waals surface area contributed by atoms with Crippen LogP contribution in [0.1, 0.15) is 21.9 Å². The minimum atomic E-state index is -0.726. The number of thioether (sulfide) groups is 1. The van der Waals surface area contributed by atoms with E-state index in [4.69, 9.17) is 21.1 Å². The van der Waals surface area contributed by atoms with Gasteiger partial charge >= 0.3 is 4.87 Å². The number of hydrogen-bond acceptors (Lipinski definition) is 7. The van der Waals surface area contributed by atoms with Crippen molar-refractivity contribution in [3.05, 3.63) is 102 Å². The molecule has 3 heterocycles. The molecule has 2 unspecified atom stereocenters. The van der Waals surface area contributed by atoms with E-state index in [9.17, 15) is 14.4 Å². The number of amides is 2. The maximum Gasteiger partial charge on any atom is 0.305 e. The van der Waals surface area contributed by atoms with E-state index in [1.54, 1.807) is 43.5 Å². The monoisotopic (exact) mass is 642 g/mol. The van der Waals surface area contributed by atoms with E-state index >= 15 is 0 Å². The summed E-state index contributed by atoms with van der Waals surface area (Å²) >= 11 is 11.9.